The van der Waals surface area contributed by atoms with Crippen LogP contribution in [0.25, 0.3) is 16.6 Å². The summed E-state index contributed by atoms with van der Waals surface area (Å²) < 4.78 is 1.52. The van der Waals surface area contributed by atoms with Gasteiger partial charge in [0.25, 0.3) is 17.4 Å². The molecule has 2 atom stereocenters. The summed E-state index contributed by atoms with van der Waals surface area (Å²) in [5, 5.41) is 7.76. The van der Waals surface area contributed by atoms with Gasteiger partial charge in [0.15, 0.2) is 0 Å². The van der Waals surface area contributed by atoms with E-state index in [0.29, 0.717) is 40.8 Å². The number of H-pyrrole nitrogens is 1. The SMILES string of the molecule is CC(C)N1CC[C@H](NC(=O)c2ccc3c(Cl)c[nH]c3c2)[C@H](NC(=O)c2ccc(-n3ccccc3=O)cc2)C1. The number of nitrogens with one attached hydrogen (secondary N) is 3. The van der Waals surface area contributed by atoms with E-state index in [1.807, 2.05) is 6.07 Å². The molecule has 5 rings (SSSR count). The van der Waals surface area contributed by atoms with Crippen molar-refractivity contribution < 1.29 is 9.59 Å². The smallest absolute Gasteiger partial charge is 0.255 e. The molecular weight excluding hydrogens is 502 g/mol. The minimum atomic E-state index is -0.275. The first-order valence-corrected chi connectivity index (χ1v) is 13.1. The van der Waals surface area contributed by atoms with Crippen LogP contribution in [0.4, 0.5) is 0 Å². The molecule has 196 valence electrons. The molecule has 2 amide bonds. The second-order valence-corrected chi connectivity index (χ2v) is 10.3. The molecule has 1 aliphatic rings. The number of aromatic nitrogens is 2. The fourth-order valence-corrected chi connectivity index (χ4v) is 5.13. The number of carbonyl (C=O) groups is 2. The first-order valence-electron chi connectivity index (χ1n) is 12.7. The topological polar surface area (TPSA) is 99.2 Å². The Bertz CT molecular complexity index is 1530. The third-order valence-corrected chi connectivity index (χ3v) is 7.44. The third-order valence-electron chi connectivity index (χ3n) is 7.13. The number of fused-ring (bicyclic) bond motifs is 1. The number of piperidine rings is 1. The highest BCUT2D eigenvalue weighted by atomic mass is 35.5. The van der Waals surface area contributed by atoms with Crippen LogP contribution in [-0.2, 0) is 0 Å². The Hall–Kier alpha value is -3.88. The molecule has 0 spiro atoms. The van der Waals surface area contributed by atoms with Crippen LogP contribution in [0.5, 0.6) is 0 Å². The summed E-state index contributed by atoms with van der Waals surface area (Å²) in [5.74, 6) is -0.424. The van der Waals surface area contributed by atoms with E-state index in [-0.39, 0.29) is 29.5 Å². The summed E-state index contributed by atoms with van der Waals surface area (Å²) in [7, 11) is 0. The standard InChI is InChI=1S/C29H30ClN5O3/c1-18(2)34-14-12-24(32-29(38)20-8-11-22-23(30)16-31-25(22)15-20)26(17-34)33-28(37)19-6-9-21(10-7-19)35-13-4-3-5-27(35)36/h3-11,13,15-16,18,24,26,31H,12,14,17H2,1-2H3,(H,32,38)(H,33,37)/t24-,26+/m0/s1. The minimum absolute atomic E-state index is 0.141. The quantitative estimate of drug-likeness (QED) is 0.350. The molecular formula is C29H30ClN5O3. The number of carbonyl (C=O) groups excluding carboxylic acids is 2. The number of amides is 2. The van der Waals surface area contributed by atoms with Crippen LogP contribution >= 0.6 is 11.6 Å². The Morgan fingerprint density at radius 1 is 0.974 bits per heavy atom. The number of hydrogen-bond donors (Lipinski definition) is 3. The van der Waals surface area contributed by atoms with Crippen molar-refractivity contribution in [2.75, 3.05) is 13.1 Å². The average Bonchev–Trinajstić information content (AvgIpc) is 3.29. The number of benzene rings is 2. The van der Waals surface area contributed by atoms with E-state index in [1.165, 1.54) is 10.6 Å². The number of hydrogen-bond acceptors (Lipinski definition) is 4. The molecule has 3 N–H and O–H groups in total. The number of nitrogens with zero attached hydrogens (tertiary/aromatic N) is 2. The number of aromatic amines is 1. The van der Waals surface area contributed by atoms with Crippen LogP contribution in [0, 0.1) is 0 Å². The summed E-state index contributed by atoms with van der Waals surface area (Å²) >= 11 is 6.17. The Balaban J connectivity index is 1.31. The lowest BCUT2D eigenvalue weighted by Gasteiger charge is -2.41. The first kappa shape index (κ1) is 25.8. The van der Waals surface area contributed by atoms with Crippen LogP contribution in [0.2, 0.25) is 5.02 Å². The fourth-order valence-electron chi connectivity index (χ4n) is 4.91. The third kappa shape index (κ3) is 5.37. The van der Waals surface area contributed by atoms with Crippen molar-refractivity contribution >= 4 is 34.3 Å². The van der Waals surface area contributed by atoms with Gasteiger partial charge >= 0.3 is 0 Å². The van der Waals surface area contributed by atoms with Gasteiger partial charge in [0.05, 0.1) is 17.1 Å². The molecule has 2 aromatic heterocycles. The molecule has 0 unspecified atom stereocenters. The Morgan fingerprint density at radius 2 is 1.68 bits per heavy atom. The summed E-state index contributed by atoms with van der Waals surface area (Å²) in [6.45, 7) is 5.69. The van der Waals surface area contributed by atoms with Gasteiger partial charge in [0.1, 0.15) is 0 Å². The number of likely N-dealkylation sites (tertiary alicyclic amines) is 1. The summed E-state index contributed by atoms with van der Waals surface area (Å²) in [5.41, 5.74) is 2.35. The van der Waals surface area contributed by atoms with Crippen LogP contribution in [0.3, 0.4) is 0 Å². The summed E-state index contributed by atoms with van der Waals surface area (Å²) in [4.78, 5) is 43.9. The van der Waals surface area contributed by atoms with Gasteiger partial charge in [0.2, 0.25) is 0 Å². The molecule has 4 aromatic rings. The second kappa shape index (κ2) is 10.8. The maximum absolute atomic E-state index is 13.2. The molecule has 3 heterocycles. The molecule has 1 fully saturated rings. The molecule has 0 radical (unpaired) electrons. The normalized spacial score (nSPS) is 18.0. The predicted molar refractivity (Wildman–Crippen MR) is 149 cm³/mol. The lowest BCUT2D eigenvalue weighted by molar-refractivity contribution is 0.0776. The minimum Gasteiger partial charge on any atom is -0.360 e. The van der Waals surface area contributed by atoms with Gasteiger partial charge in [-0.25, -0.2) is 0 Å². The van der Waals surface area contributed by atoms with E-state index in [9.17, 15) is 14.4 Å². The van der Waals surface area contributed by atoms with Crippen molar-refractivity contribution in [3.63, 3.8) is 0 Å². The molecule has 0 bridgehead atoms. The van der Waals surface area contributed by atoms with Crippen molar-refractivity contribution in [1.29, 1.82) is 0 Å². The number of halogens is 1. The highest BCUT2D eigenvalue weighted by Gasteiger charge is 2.33. The van der Waals surface area contributed by atoms with Gasteiger partial charge < -0.3 is 15.6 Å². The molecule has 0 aliphatic carbocycles. The van der Waals surface area contributed by atoms with Crippen LogP contribution < -0.4 is 16.2 Å². The molecule has 0 saturated carbocycles. The monoisotopic (exact) mass is 531 g/mol. The zero-order valence-corrected chi connectivity index (χ0v) is 22.0. The largest absolute Gasteiger partial charge is 0.360 e. The van der Waals surface area contributed by atoms with Crippen LogP contribution in [-0.4, -0.2) is 57.5 Å². The highest BCUT2D eigenvalue weighted by molar-refractivity contribution is 6.35. The van der Waals surface area contributed by atoms with E-state index in [4.69, 9.17) is 11.6 Å². The van der Waals surface area contributed by atoms with Gasteiger partial charge in [-0.1, -0.05) is 23.7 Å². The van der Waals surface area contributed by atoms with Gasteiger partial charge in [-0.15, -0.1) is 0 Å². The lowest BCUT2D eigenvalue weighted by atomic mass is 9.97. The number of rotatable bonds is 6. The summed E-state index contributed by atoms with van der Waals surface area (Å²) in [6.07, 6.45) is 4.10. The molecule has 38 heavy (non-hydrogen) atoms. The van der Waals surface area contributed by atoms with E-state index in [1.54, 1.807) is 60.9 Å². The number of pyridine rings is 1. The Morgan fingerprint density at radius 3 is 2.42 bits per heavy atom. The Kier molecular flexibility index (Phi) is 7.35. The predicted octanol–water partition coefficient (Wildman–Crippen LogP) is 3.98. The van der Waals surface area contributed by atoms with Crippen LogP contribution in [0.1, 0.15) is 41.0 Å². The zero-order valence-electron chi connectivity index (χ0n) is 21.3. The van der Waals surface area contributed by atoms with Gasteiger partial charge in [-0.05, 0) is 62.7 Å². The van der Waals surface area contributed by atoms with Crippen molar-refractivity contribution in [2.24, 2.45) is 0 Å². The van der Waals surface area contributed by atoms with Crippen LogP contribution in [0.15, 0.2) is 77.9 Å². The zero-order chi connectivity index (χ0) is 26.8. The maximum atomic E-state index is 13.2. The van der Waals surface area contributed by atoms with E-state index >= 15 is 0 Å². The average molecular weight is 532 g/mol. The molecule has 2 aromatic carbocycles. The van der Waals surface area contributed by atoms with Gasteiger partial charge in [-0.2, -0.15) is 0 Å². The maximum Gasteiger partial charge on any atom is 0.255 e. The van der Waals surface area contributed by atoms with Crippen molar-refractivity contribution in [3.05, 3.63) is 99.6 Å². The molecule has 1 saturated heterocycles. The molecule has 1 aliphatic heterocycles. The molecule has 9 heteroatoms. The van der Waals surface area contributed by atoms with E-state index < -0.39 is 0 Å². The first-order chi connectivity index (χ1) is 18.3. The lowest BCUT2D eigenvalue weighted by Crippen LogP contribution is -2.61. The van der Waals surface area contributed by atoms with E-state index in [0.717, 1.165) is 17.4 Å². The van der Waals surface area contributed by atoms with Crippen molar-refractivity contribution in [2.45, 2.75) is 38.4 Å². The molecule has 8 nitrogen and oxygen atoms in total. The Labute approximate surface area is 225 Å². The van der Waals surface area contributed by atoms with Crippen molar-refractivity contribution in [1.82, 2.24) is 25.1 Å². The summed E-state index contributed by atoms with van der Waals surface area (Å²) in [6, 6.07) is 17.1. The van der Waals surface area contributed by atoms with Crippen molar-refractivity contribution in [3.8, 4) is 5.69 Å². The van der Waals surface area contributed by atoms with Gasteiger partial charge in [0, 0.05) is 65.3 Å². The van der Waals surface area contributed by atoms with Gasteiger partial charge in [-0.3, -0.25) is 23.9 Å². The van der Waals surface area contributed by atoms with E-state index in [2.05, 4.69) is 34.4 Å². The fraction of sp³-hybridized carbons (Fsp3) is 0.276. The second-order valence-electron chi connectivity index (χ2n) is 9.89. The highest BCUT2D eigenvalue weighted by Crippen LogP contribution is 2.24.